The maximum Gasteiger partial charge on any atom is 0.269 e. The number of nitrogens with one attached hydrogen (secondary N) is 1. The predicted molar refractivity (Wildman–Crippen MR) is 73.0 cm³/mol. The molecular weight excluding hydrogens is 246 g/mol. The summed E-state index contributed by atoms with van der Waals surface area (Å²) >= 11 is 0. The lowest BCUT2D eigenvalue weighted by molar-refractivity contribution is -0.384. The highest BCUT2D eigenvalue weighted by molar-refractivity contribution is 5.82. The predicted octanol–water partition coefficient (Wildman–Crippen LogP) is 2.63. The first-order chi connectivity index (χ1) is 9.13. The Kier molecular flexibility index (Phi) is 6.21. The number of nitrogens with zero attached hydrogens (tertiary/aromatic N) is 2. The Morgan fingerprint density at radius 1 is 1.37 bits per heavy atom. The van der Waals surface area contributed by atoms with Crippen LogP contribution in [0.5, 0.6) is 0 Å². The molecule has 0 aliphatic rings. The molecule has 0 bridgehead atoms. The van der Waals surface area contributed by atoms with Gasteiger partial charge in [-0.1, -0.05) is 19.8 Å². The quantitative estimate of drug-likeness (QED) is 0.355. The van der Waals surface area contributed by atoms with Crippen molar-refractivity contribution >= 4 is 17.8 Å². The number of carbonyl (C=O) groups excluding carboxylic acids is 1. The van der Waals surface area contributed by atoms with E-state index in [0.29, 0.717) is 12.0 Å². The number of amides is 1. The van der Waals surface area contributed by atoms with Crippen LogP contribution in [0.1, 0.15) is 38.2 Å². The van der Waals surface area contributed by atoms with Crippen LogP contribution >= 0.6 is 0 Å². The van der Waals surface area contributed by atoms with Crippen LogP contribution in [0.2, 0.25) is 0 Å². The van der Waals surface area contributed by atoms with Gasteiger partial charge in [0.25, 0.3) is 5.69 Å². The van der Waals surface area contributed by atoms with E-state index < -0.39 is 4.92 Å². The second-order valence-electron chi connectivity index (χ2n) is 4.10. The minimum absolute atomic E-state index is 0.0285. The minimum Gasteiger partial charge on any atom is -0.273 e. The molecule has 1 amide bonds. The summed E-state index contributed by atoms with van der Waals surface area (Å²) in [5, 5.41) is 14.3. The second-order valence-corrected chi connectivity index (χ2v) is 4.10. The molecule has 0 saturated heterocycles. The van der Waals surface area contributed by atoms with Crippen LogP contribution in [0.4, 0.5) is 5.69 Å². The minimum atomic E-state index is -0.462. The Morgan fingerprint density at radius 3 is 2.63 bits per heavy atom. The number of nitro benzene ring substituents is 1. The van der Waals surface area contributed by atoms with E-state index in [2.05, 4.69) is 17.5 Å². The SMILES string of the molecule is CCCCCC(=O)N/N=C/c1ccc([N+](=O)[O-])cc1. The Bertz CT molecular complexity index is 455. The van der Waals surface area contributed by atoms with Gasteiger partial charge >= 0.3 is 0 Å². The molecule has 0 atom stereocenters. The lowest BCUT2D eigenvalue weighted by atomic mass is 10.2. The highest BCUT2D eigenvalue weighted by Gasteiger charge is 2.02. The van der Waals surface area contributed by atoms with Crippen LogP contribution in [-0.4, -0.2) is 17.0 Å². The molecule has 0 saturated carbocycles. The molecule has 1 rings (SSSR count). The van der Waals surface area contributed by atoms with Gasteiger partial charge < -0.3 is 0 Å². The zero-order valence-electron chi connectivity index (χ0n) is 10.8. The number of unbranched alkanes of at least 4 members (excludes halogenated alkanes) is 2. The van der Waals surface area contributed by atoms with Crippen LogP contribution in [-0.2, 0) is 4.79 Å². The van der Waals surface area contributed by atoms with E-state index in [-0.39, 0.29) is 11.6 Å². The average molecular weight is 263 g/mol. The van der Waals surface area contributed by atoms with E-state index in [0.717, 1.165) is 19.3 Å². The van der Waals surface area contributed by atoms with Gasteiger partial charge in [0.15, 0.2) is 0 Å². The number of rotatable bonds is 7. The fraction of sp³-hybridized carbons (Fsp3) is 0.385. The highest BCUT2D eigenvalue weighted by Crippen LogP contribution is 2.10. The smallest absolute Gasteiger partial charge is 0.269 e. The molecule has 0 fully saturated rings. The van der Waals surface area contributed by atoms with Crippen LogP contribution in [0.15, 0.2) is 29.4 Å². The first kappa shape index (κ1) is 14.8. The van der Waals surface area contributed by atoms with Crippen molar-refractivity contribution in [1.82, 2.24) is 5.43 Å². The van der Waals surface area contributed by atoms with Crippen LogP contribution in [0.25, 0.3) is 0 Å². The van der Waals surface area contributed by atoms with Crippen molar-refractivity contribution in [3.63, 3.8) is 0 Å². The van der Waals surface area contributed by atoms with E-state index in [1.807, 2.05) is 0 Å². The van der Waals surface area contributed by atoms with Gasteiger partial charge in [-0.3, -0.25) is 14.9 Å². The summed E-state index contributed by atoms with van der Waals surface area (Å²) in [5.41, 5.74) is 3.15. The molecule has 0 radical (unpaired) electrons. The monoisotopic (exact) mass is 263 g/mol. The molecule has 0 heterocycles. The molecule has 1 aromatic carbocycles. The third kappa shape index (κ3) is 5.76. The maximum absolute atomic E-state index is 11.3. The largest absolute Gasteiger partial charge is 0.273 e. The molecule has 0 aromatic heterocycles. The maximum atomic E-state index is 11.3. The summed E-state index contributed by atoms with van der Waals surface area (Å²) in [6, 6.07) is 5.94. The molecule has 1 N–H and O–H groups in total. The van der Waals surface area contributed by atoms with Gasteiger partial charge in [-0.25, -0.2) is 5.43 Å². The third-order valence-corrected chi connectivity index (χ3v) is 2.51. The van der Waals surface area contributed by atoms with E-state index in [1.165, 1.54) is 18.3 Å². The number of hydrogen-bond donors (Lipinski definition) is 1. The van der Waals surface area contributed by atoms with Gasteiger partial charge in [0.1, 0.15) is 0 Å². The molecule has 6 nitrogen and oxygen atoms in total. The molecule has 1 aromatic rings. The molecule has 102 valence electrons. The first-order valence-corrected chi connectivity index (χ1v) is 6.20. The van der Waals surface area contributed by atoms with Gasteiger partial charge in [0, 0.05) is 18.6 Å². The van der Waals surface area contributed by atoms with Crippen LogP contribution < -0.4 is 5.43 Å². The summed E-state index contributed by atoms with van der Waals surface area (Å²) < 4.78 is 0. The van der Waals surface area contributed by atoms with Crippen molar-refractivity contribution in [2.45, 2.75) is 32.6 Å². The van der Waals surface area contributed by atoms with Gasteiger partial charge in [-0.05, 0) is 24.1 Å². The lowest BCUT2D eigenvalue weighted by Gasteiger charge is -1.98. The van der Waals surface area contributed by atoms with Crippen LogP contribution in [0, 0.1) is 10.1 Å². The summed E-state index contributed by atoms with van der Waals surface area (Å²) in [5.74, 6) is -0.119. The summed E-state index contributed by atoms with van der Waals surface area (Å²) in [6.07, 6.45) is 4.88. The third-order valence-electron chi connectivity index (χ3n) is 2.51. The van der Waals surface area contributed by atoms with E-state index in [4.69, 9.17) is 0 Å². The normalized spacial score (nSPS) is 10.6. The first-order valence-electron chi connectivity index (χ1n) is 6.20. The summed E-state index contributed by atoms with van der Waals surface area (Å²) in [6.45, 7) is 2.07. The van der Waals surface area contributed by atoms with Gasteiger partial charge in [0.2, 0.25) is 5.91 Å². The Hall–Kier alpha value is -2.24. The van der Waals surface area contributed by atoms with Gasteiger partial charge in [-0.15, -0.1) is 0 Å². The fourth-order valence-electron chi connectivity index (χ4n) is 1.45. The summed E-state index contributed by atoms with van der Waals surface area (Å²) in [7, 11) is 0. The lowest BCUT2D eigenvalue weighted by Crippen LogP contribution is -2.16. The highest BCUT2D eigenvalue weighted by atomic mass is 16.6. The number of hydrogen-bond acceptors (Lipinski definition) is 4. The number of non-ortho nitro benzene ring substituents is 1. The molecular formula is C13H17N3O3. The number of carbonyl (C=O) groups is 1. The molecule has 19 heavy (non-hydrogen) atoms. The van der Waals surface area contributed by atoms with Crippen LogP contribution in [0.3, 0.4) is 0 Å². The van der Waals surface area contributed by atoms with Gasteiger partial charge in [0.05, 0.1) is 11.1 Å². The van der Waals surface area contributed by atoms with Crippen molar-refractivity contribution in [2.24, 2.45) is 5.10 Å². The number of benzene rings is 1. The van der Waals surface area contributed by atoms with Crippen molar-refractivity contribution in [2.75, 3.05) is 0 Å². The average Bonchev–Trinajstić information content (AvgIpc) is 2.39. The van der Waals surface area contributed by atoms with Gasteiger partial charge in [-0.2, -0.15) is 5.10 Å². The molecule has 0 aliphatic heterocycles. The summed E-state index contributed by atoms with van der Waals surface area (Å²) in [4.78, 5) is 21.3. The van der Waals surface area contributed by atoms with Crippen molar-refractivity contribution in [3.8, 4) is 0 Å². The van der Waals surface area contributed by atoms with E-state index >= 15 is 0 Å². The Balaban J connectivity index is 2.40. The molecule has 0 spiro atoms. The second kappa shape index (κ2) is 7.97. The molecule has 6 heteroatoms. The zero-order chi connectivity index (χ0) is 14.1. The van der Waals surface area contributed by atoms with Crippen molar-refractivity contribution in [1.29, 1.82) is 0 Å². The number of nitro groups is 1. The van der Waals surface area contributed by atoms with E-state index in [9.17, 15) is 14.9 Å². The van der Waals surface area contributed by atoms with E-state index in [1.54, 1.807) is 12.1 Å². The standard InChI is InChI=1S/C13H17N3O3/c1-2-3-4-5-13(17)15-14-10-11-6-8-12(9-7-11)16(18)19/h6-10H,2-5H2,1H3,(H,15,17)/b14-10+. The topological polar surface area (TPSA) is 84.6 Å². The van der Waals surface area contributed by atoms with Crippen molar-refractivity contribution < 1.29 is 9.72 Å². The fourth-order valence-corrected chi connectivity index (χ4v) is 1.45. The zero-order valence-corrected chi connectivity index (χ0v) is 10.8. The van der Waals surface area contributed by atoms with Crippen molar-refractivity contribution in [3.05, 3.63) is 39.9 Å². The Morgan fingerprint density at radius 2 is 2.05 bits per heavy atom. The molecule has 0 aliphatic carbocycles. The number of hydrazone groups is 1. The Labute approximate surface area is 111 Å². The molecule has 0 unspecified atom stereocenters.